The van der Waals surface area contributed by atoms with E-state index in [2.05, 4.69) is 13.8 Å². The van der Waals surface area contributed by atoms with Crippen LogP contribution in [0.25, 0.3) is 0 Å². The monoisotopic (exact) mass is 277 g/mol. The average Bonchev–Trinajstić information content (AvgIpc) is 2.42. The molecule has 0 radical (unpaired) electrons. The van der Waals surface area contributed by atoms with Gasteiger partial charge in [0.2, 0.25) is 0 Å². The normalized spacial score (nSPS) is 26.4. The maximum Gasteiger partial charge on any atom is 0.121 e. The van der Waals surface area contributed by atoms with E-state index in [9.17, 15) is 0 Å². The van der Waals surface area contributed by atoms with Gasteiger partial charge in [-0.2, -0.15) is 0 Å². The molecule has 1 aromatic rings. The Morgan fingerprint density at radius 1 is 1.15 bits per heavy atom. The van der Waals surface area contributed by atoms with Crippen LogP contribution in [0.15, 0.2) is 24.3 Å². The van der Waals surface area contributed by atoms with Gasteiger partial charge in [-0.3, -0.25) is 0 Å². The zero-order valence-electron chi connectivity index (χ0n) is 12.7. The van der Waals surface area contributed by atoms with E-state index in [1.165, 1.54) is 19.3 Å². The SMILES string of the molecule is CC1CCC(OCCCOc2cccc(N)c2)CC1C. The van der Waals surface area contributed by atoms with E-state index in [1.807, 2.05) is 24.3 Å². The van der Waals surface area contributed by atoms with Crippen LogP contribution in [0.1, 0.15) is 39.5 Å². The highest BCUT2D eigenvalue weighted by atomic mass is 16.5. The Labute approximate surface area is 122 Å². The van der Waals surface area contributed by atoms with Crippen LogP contribution in [0.4, 0.5) is 5.69 Å². The molecule has 3 atom stereocenters. The van der Waals surface area contributed by atoms with Crippen LogP contribution in [0, 0.1) is 11.8 Å². The number of hydrogen-bond donors (Lipinski definition) is 1. The number of rotatable bonds is 6. The largest absolute Gasteiger partial charge is 0.493 e. The lowest BCUT2D eigenvalue weighted by molar-refractivity contribution is -0.00160. The molecule has 3 nitrogen and oxygen atoms in total. The molecule has 1 saturated carbocycles. The summed E-state index contributed by atoms with van der Waals surface area (Å²) in [5.74, 6) is 2.48. The van der Waals surface area contributed by atoms with Gasteiger partial charge in [0.05, 0.1) is 19.3 Å². The van der Waals surface area contributed by atoms with Crippen molar-refractivity contribution in [3.63, 3.8) is 0 Å². The lowest BCUT2D eigenvalue weighted by Crippen LogP contribution is -2.27. The quantitative estimate of drug-likeness (QED) is 0.634. The van der Waals surface area contributed by atoms with E-state index in [1.54, 1.807) is 0 Å². The summed E-state index contributed by atoms with van der Waals surface area (Å²) in [7, 11) is 0. The average molecular weight is 277 g/mol. The Balaban J connectivity index is 1.58. The van der Waals surface area contributed by atoms with Gasteiger partial charge < -0.3 is 15.2 Å². The van der Waals surface area contributed by atoms with Crippen molar-refractivity contribution in [1.29, 1.82) is 0 Å². The Morgan fingerprint density at radius 2 is 2.00 bits per heavy atom. The van der Waals surface area contributed by atoms with Gasteiger partial charge in [-0.1, -0.05) is 19.9 Å². The molecule has 1 aliphatic carbocycles. The molecule has 0 aliphatic heterocycles. The van der Waals surface area contributed by atoms with Gasteiger partial charge in [-0.15, -0.1) is 0 Å². The van der Waals surface area contributed by atoms with Crippen LogP contribution in [0.5, 0.6) is 5.75 Å². The van der Waals surface area contributed by atoms with Crippen molar-refractivity contribution in [3.05, 3.63) is 24.3 Å². The molecule has 20 heavy (non-hydrogen) atoms. The molecule has 1 fully saturated rings. The molecule has 0 saturated heterocycles. The fraction of sp³-hybridized carbons (Fsp3) is 0.647. The first-order valence-electron chi connectivity index (χ1n) is 7.75. The smallest absolute Gasteiger partial charge is 0.121 e. The fourth-order valence-corrected chi connectivity index (χ4v) is 2.75. The summed E-state index contributed by atoms with van der Waals surface area (Å²) in [4.78, 5) is 0. The maximum atomic E-state index is 5.96. The highest BCUT2D eigenvalue weighted by Gasteiger charge is 2.24. The van der Waals surface area contributed by atoms with Gasteiger partial charge in [0.15, 0.2) is 0 Å². The van der Waals surface area contributed by atoms with E-state index in [-0.39, 0.29) is 0 Å². The minimum atomic E-state index is 0.452. The second-order valence-electron chi connectivity index (χ2n) is 6.03. The number of anilines is 1. The van der Waals surface area contributed by atoms with Crippen molar-refractivity contribution in [3.8, 4) is 5.75 Å². The molecule has 112 valence electrons. The molecule has 3 unspecified atom stereocenters. The zero-order valence-corrected chi connectivity index (χ0v) is 12.7. The molecule has 2 rings (SSSR count). The third kappa shape index (κ3) is 4.71. The third-order valence-electron chi connectivity index (χ3n) is 4.32. The number of ether oxygens (including phenoxy) is 2. The van der Waals surface area contributed by atoms with Gasteiger partial charge in [-0.25, -0.2) is 0 Å². The Kier molecular flexibility index (Phi) is 5.72. The van der Waals surface area contributed by atoms with Crippen molar-refractivity contribution in [1.82, 2.24) is 0 Å². The predicted molar refractivity (Wildman–Crippen MR) is 82.9 cm³/mol. The van der Waals surface area contributed by atoms with Crippen LogP contribution < -0.4 is 10.5 Å². The molecule has 1 aliphatic rings. The molecule has 1 aromatic carbocycles. The minimum absolute atomic E-state index is 0.452. The molecule has 2 N–H and O–H groups in total. The summed E-state index contributed by atoms with van der Waals surface area (Å²) in [5, 5.41) is 0. The molecule has 0 spiro atoms. The van der Waals surface area contributed by atoms with Crippen molar-refractivity contribution in [2.45, 2.75) is 45.6 Å². The second kappa shape index (κ2) is 7.53. The topological polar surface area (TPSA) is 44.5 Å². The summed E-state index contributed by atoms with van der Waals surface area (Å²) in [6.07, 6.45) is 5.09. The maximum absolute atomic E-state index is 5.96. The summed E-state index contributed by atoms with van der Waals surface area (Å²) >= 11 is 0. The number of nitrogens with two attached hydrogens (primary N) is 1. The van der Waals surface area contributed by atoms with Crippen molar-refractivity contribution < 1.29 is 9.47 Å². The first-order chi connectivity index (χ1) is 9.65. The van der Waals surface area contributed by atoms with E-state index in [0.717, 1.165) is 36.3 Å². The van der Waals surface area contributed by atoms with Crippen molar-refractivity contribution in [2.75, 3.05) is 18.9 Å². The zero-order chi connectivity index (χ0) is 14.4. The van der Waals surface area contributed by atoms with Gasteiger partial charge in [0.1, 0.15) is 5.75 Å². The lowest BCUT2D eigenvalue weighted by Gasteiger charge is -2.31. The summed E-state index contributed by atoms with van der Waals surface area (Å²) < 4.78 is 11.6. The van der Waals surface area contributed by atoms with Crippen LogP contribution in [-0.4, -0.2) is 19.3 Å². The standard InChI is InChI=1S/C17H27NO2/c1-13-7-8-17(11-14(13)2)20-10-4-9-19-16-6-3-5-15(18)12-16/h3,5-6,12-14,17H,4,7-11,18H2,1-2H3. The summed E-state index contributed by atoms with van der Waals surface area (Å²) in [6.45, 7) is 6.15. The lowest BCUT2D eigenvalue weighted by atomic mass is 9.80. The van der Waals surface area contributed by atoms with E-state index in [4.69, 9.17) is 15.2 Å². The molecular weight excluding hydrogens is 250 g/mol. The first-order valence-corrected chi connectivity index (χ1v) is 7.75. The third-order valence-corrected chi connectivity index (χ3v) is 4.32. The van der Waals surface area contributed by atoms with E-state index >= 15 is 0 Å². The molecule has 3 heteroatoms. The summed E-state index contributed by atoms with van der Waals surface area (Å²) in [6, 6.07) is 7.55. The van der Waals surface area contributed by atoms with E-state index < -0.39 is 0 Å². The Morgan fingerprint density at radius 3 is 2.75 bits per heavy atom. The van der Waals surface area contributed by atoms with Crippen molar-refractivity contribution in [2.24, 2.45) is 11.8 Å². The highest BCUT2D eigenvalue weighted by molar-refractivity contribution is 5.43. The van der Waals surface area contributed by atoms with Crippen LogP contribution in [0.3, 0.4) is 0 Å². The van der Waals surface area contributed by atoms with Crippen LogP contribution >= 0.6 is 0 Å². The van der Waals surface area contributed by atoms with E-state index in [0.29, 0.717) is 12.7 Å². The minimum Gasteiger partial charge on any atom is -0.493 e. The predicted octanol–water partition coefficient (Wildman–Crippen LogP) is 3.88. The number of hydrogen-bond acceptors (Lipinski definition) is 3. The summed E-state index contributed by atoms with van der Waals surface area (Å²) in [5.41, 5.74) is 6.45. The Bertz CT molecular complexity index is 408. The Hall–Kier alpha value is -1.22. The second-order valence-corrected chi connectivity index (χ2v) is 6.03. The molecule has 0 aromatic heterocycles. The van der Waals surface area contributed by atoms with Gasteiger partial charge in [0.25, 0.3) is 0 Å². The van der Waals surface area contributed by atoms with Crippen LogP contribution in [0.2, 0.25) is 0 Å². The van der Waals surface area contributed by atoms with Gasteiger partial charge in [-0.05, 0) is 43.2 Å². The fourth-order valence-electron chi connectivity index (χ4n) is 2.75. The van der Waals surface area contributed by atoms with Crippen molar-refractivity contribution >= 4 is 5.69 Å². The molecule has 0 amide bonds. The molecular formula is C17H27NO2. The molecule has 0 heterocycles. The highest BCUT2D eigenvalue weighted by Crippen LogP contribution is 2.30. The number of nitrogen functional groups attached to an aromatic ring is 1. The van der Waals surface area contributed by atoms with Gasteiger partial charge >= 0.3 is 0 Å². The van der Waals surface area contributed by atoms with Gasteiger partial charge in [0, 0.05) is 18.2 Å². The molecule has 0 bridgehead atoms. The number of benzene rings is 1. The van der Waals surface area contributed by atoms with Crippen LogP contribution in [-0.2, 0) is 4.74 Å². The first kappa shape index (κ1) is 15.2.